The van der Waals surface area contributed by atoms with Gasteiger partial charge in [0, 0.05) is 0 Å². The molecule has 0 bridgehead atoms. The van der Waals surface area contributed by atoms with E-state index in [-0.39, 0.29) is 11.7 Å². The Hall–Kier alpha value is -2.04. The fourth-order valence-corrected chi connectivity index (χ4v) is 2.26. The van der Waals surface area contributed by atoms with Crippen molar-refractivity contribution >= 4 is 12.0 Å². The average molecular weight is 277 g/mol. The predicted molar refractivity (Wildman–Crippen MR) is 73.3 cm³/mol. The van der Waals surface area contributed by atoms with Crippen LogP contribution in [-0.4, -0.2) is 23.2 Å². The number of rotatable bonds is 7. The Morgan fingerprint density at radius 3 is 2.40 bits per heavy atom. The maximum Gasteiger partial charge on any atom is 0.414 e. The van der Waals surface area contributed by atoms with Gasteiger partial charge in [-0.05, 0) is 43.4 Å². The first-order valence-corrected chi connectivity index (χ1v) is 6.94. The van der Waals surface area contributed by atoms with Crippen molar-refractivity contribution in [2.45, 2.75) is 44.6 Å². The number of imide groups is 1. The fraction of sp³-hybridized carbons (Fsp3) is 0.467. The maximum absolute atomic E-state index is 11.2. The van der Waals surface area contributed by atoms with Crippen LogP contribution in [0.25, 0.3) is 0 Å². The van der Waals surface area contributed by atoms with Crippen molar-refractivity contribution in [3.8, 4) is 5.75 Å². The molecule has 2 amide bonds. The molecule has 1 aromatic carbocycles. The summed E-state index contributed by atoms with van der Waals surface area (Å²) in [7, 11) is 0. The molecule has 2 rings (SSSR count). The highest BCUT2D eigenvalue weighted by molar-refractivity contribution is 5.99. The summed E-state index contributed by atoms with van der Waals surface area (Å²) in [6, 6.07) is 7.25. The van der Waals surface area contributed by atoms with Gasteiger partial charge in [0.1, 0.15) is 5.75 Å². The first-order chi connectivity index (χ1) is 9.65. The van der Waals surface area contributed by atoms with Crippen LogP contribution in [0.5, 0.6) is 5.75 Å². The standard InChI is InChI=1S/C15H19NO4/c17-12-9-7-11(8-10-12)5-3-1-2-4-6-13-14(18)16-15(19)20-13/h7-10,13,17H,1-6H2,(H,16,18,19). The van der Waals surface area contributed by atoms with Crippen LogP contribution in [0.4, 0.5) is 4.79 Å². The summed E-state index contributed by atoms with van der Waals surface area (Å²) in [6.45, 7) is 0. The minimum absolute atomic E-state index is 0.290. The number of phenols is 1. The van der Waals surface area contributed by atoms with Crippen molar-refractivity contribution in [1.29, 1.82) is 0 Å². The van der Waals surface area contributed by atoms with Crippen LogP contribution < -0.4 is 5.32 Å². The van der Waals surface area contributed by atoms with Crippen molar-refractivity contribution < 1.29 is 19.4 Å². The van der Waals surface area contributed by atoms with Gasteiger partial charge in [-0.15, -0.1) is 0 Å². The number of hydrogen-bond donors (Lipinski definition) is 2. The van der Waals surface area contributed by atoms with Crippen molar-refractivity contribution in [3.63, 3.8) is 0 Å². The number of ether oxygens (including phenoxy) is 1. The lowest BCUT2D eigenvalue weighted by molar-refractivity contribution is -0.123. The van der Waals surface area contributed by atoms with Gasteiger partial charge < -0.3 is 9.84 Å². The summed E-state index contributed by atoms with van der Waals surface area (Å²) in [5.74, 6) is -0.0303. The molecule has 1 aromatic rings. The highest BCUT2D eigenvalue weighted by atomic mass is 16.6. The molecule has 0 saturated carbocycles. The van der Waals surface area contributed by atoms with E-state index in [0.717, 1.165) is 32.1 Å². The van der Waals surface area contributed by atoms with E-state index in [1.165, 1.54) is 5.56 Å². The first-order valence-electron chi connectivity index (χ1n) is 6.94. The topological polar surface area (TPSA) is 75.6 Å². The molecule has 1 fully saturated rings. The Labute approximate surface area is 117 Å². The second-order valence-electron chi connectivity index (χ2n) is 5.00. The van der Waals surface area contributed by atoms with Gasteiger partial charge in [0.15, 0.2) is 6.10 Å². The lowest BCUT2D eigenvalue weighted by Gasteiger charge is -2.06. The Bertz CT molecular complexity index is 469. The number of phenolic OH excluding ortho intramolecular Hbond substituents is 1. The number of alkyl carbamates (subject to hydrolysis) is 1. The van der Waals surface area contributed by atoms with Crippen LogP contribution >= 0.6 is 0 Å². The predicted octanol–water partition coefficient (Wildman–Crippen LogP) is 2.52. The summed E-state index contributed by atoms with van der Waals surface area (Å²) < 4.78 is 4.84. The SMILES string of the molecule is O=C1NC(=O)C(CCCCCCc2ccc(O)cc2)O1. The smallest absolute Gasteiger partial charge is 0.414 e. The zero-order valence-electron chi connectivity index (χ0n) is 11.3. The first kappa shape index (κ1) is 14.4. The monoisotopic (exact) mass is 277 g/mol. The number of benzene rings is 1. The lowest BCUT2D eigenvalue weighted by Crippen LogP contribution is -2.24. The second-order valence-corrected chi connectivity index (χ2v) is 5.00. The molecular formula is C15H19NO4. The van der Waals surface area contributed by atoms with E-state index in [0.29, 0.717) is 6.42 Å². The molecule has 1 aliphatic heterocycles. The van der Waals surface area contributed by atoms with Gasteiger partial charge in [-0.2, -0.15) is 0 Å². The number of hydrogen-bond acceptors (Lipinski definition) is 4. The number of unbranched alkanes of at least 4 members (excludes halogenated alkanes) is 3. The number of amides is 2. The van der Waals surface area contributed by atoms with E-state index in [2.05, 4.69) is 5.32 Å². The van der Waals surface area contributed by atoms with E-state index < -0.39 is 12.2 Å². The number of cyclic esters (lactones) is 1. The molecule has 0 radical (unpaired) electrons. The third-order valence-electron chi connectivity index (χ3n) is 3.39. The van der Waals surface area contributed by atoms with Crippen LogP contribution in [0.3, 0.4) is 0 Å². The van der Waals surface area contributed by atoms with Gasteiger partial charge in [-0.25, -0.2) is 4.79 Å². The fourth-order valence-electron chi connectivity index (χ4n) is 2.26. The molecule has 108 valence electrons. The van der Waals surface area contributed by atoms with E-state index in [4.69, 9.17) is 4.74 Å². The molecule has 1 atom stereocenters. The van der Waals surface area contributed by atoms with Gasteiger partial charge in [0.25, 0.3) is 5.91 Å². The Morgan fingerprint density at radius 1 is 1.05 bits per heavy atom. The molecule has 5 nitrogen and oxygen atoms in total. The highest BCUT2D eigenvalue weighted by Crippen LogP contribution is 2.15. The van der Waals surface area contributed by atoms with Crippen LogP contribution in [-0.2, 0) is 16.0 Å². The van der Waals surface area contributed by atoms with Crippen molar-refractivity contribution in [1.82, 2.24) is 5.32 Å². The minimum atomic E-state index is -0.632. The van der Waals surface area contributed by atoms with Gasteiger partial charge in [0.05, 0.1) is 0 Å². The van der Waals surface area contributed by atoms with Gasteiger partial charge >= 0.3 is 6.09 Å². The number of carbonyl (C=O) groups is 2. The van der Waals surface area contributed by atoms with Crippen LogP contribution in [0, 0.1) is 0 Å². The summed E-state index contributed by atoms with van der Waals surface area (Å²) in [6.07, 6.45) is 4.38. The van der Waals surface area contributed by atoms with E-state index in [1.54, 1.807) is 12.1 Å². The van der Waals surface area contributed by atoms with Gasteiger partial charge in [0.2, 0.25) is 0 Å². The molecule has 20 heavy (non-hydrogen) atoms. The number of carbonyl (C=O) groups excluding carboxylic acids is 2. The third kappa shape index (κ3) is 4.26. The van der Waals surface area contributed by atoms with E-state index >= 15 is 0 Å². The zero-order chi connectivity index (χ0) is 14.4. The summed E-state index contributed by atoms with van der Waals surface area (Å²) >= 11 is 0. The normalized spacial score (nSPS) is 17.9. The molecule has 0 aliphatic carbocycles. The van der Waals surface area contributed by atoms with Crippen LogP contribution in [0.15, 0.2) is 24.3 Å². The third-order valence-corrected chi connectivity index (χ3v) is 3.39. The molecule has 1 heterocycles. The molecule has 1 saturated heterocycles. The van der Waals surface area contributed by atoms with Gasteiger partial charge in [-0.3, -0.25) is 10.1 Å². The van der Waals surface area contributed by atoms with Gasteiger partial charge in [-0.1, -0.05) is 25.0 Å². The minimum Gasteiger partial charge on any atom is -0.508 e. The summed E-state index contributed by atoms with van der Waals surface area (Å²) in [5, 5.41) is 11.3. The molecule has 1 unspecified atom stereocenters. The second kappa shape index (κ2) is 6.93. The number of aromatic hydroxyl groups is 1. The Morgan fingerprint density at radius 2 is 1.75 bits per heavy atom. The van der Waals surface area contributed by atoms with E-state index in [9.17, 15) is 14.7 Å². The zero-order valence-corrected chi connectivity index (χ0v) is 11.3. The molecule has 1 aliphatic rings. The largest absolute Gasteiger partial charge is 0.508 e. The molecular weight excluding hydrogens is 258 g/mol. The number of aryl methyl sites for hydroxylation is 1. The van der Waals surface area contributed by atoms with Crippen LogP contribution in [0.1, 0.15) is 37.7 Å². The average Bonchev–Trinajstić information content (AvgIpc) is 2.74. The van der Waals surface area contributed by atoms with Crippen molar-refractivity contribution in [2.75, 3.05) is 0 Å². The Balaban J connectivity index is 1.55. The highest BCUT2D eigenvalue weighted by Gasteiger charge is 2.31. The molecule has 2 N–H and O–H groups in total. The molecule has 5 heteroatoms. The van der Waals surface area contributed by atoms with E-state index in [1.807, 2.05) is 12.1 Å². The number of nitrogens with one attached hydrogen (secondary N) is 1. The molecule has 0 spiro atoms. The summed E-state index contributed by atoms with van der Waals surface area (Å²) in [4.78, 5) is 22.0. The van der Waals surface area contributed by atoms with Crippen molar-refractivity contribution in [2.24, 2.45) is 0 Å². The van der Waals surface area contributed by atoms with Crippen LogP contribution in [0.2, 0.25) is 0 Å². The van der Waals surface area contributed by atoms with Crippen molar-refractivity contribution in [3.05, 3.63) is 29.8 Å². The Kier molecular flexibility index (Phi) is 4.98. The molecule has 0 aromatic heterocycles. The maximum atomic E-state index is 11.2. The lowest BCUT2D eigenvalue weighted by atomic mass is 10.0. The quantitative estimate of drug-likeness (QED) is 0.751. The summed E-state index contributed by atoms with van der Waals surface area (Å²) in [5.41, 5.74) is 1.21.